The number of halogens is 3. The molecule has 3 atom stereocenters. The number of likely N-dealkylation sites (tertiary alicyclic amines) is 1. The smallest absolute Gasteiger partial charge is 0.464 e. The molecule has 9 nitrogen and oxygen atoms in total. The molecule has 0 saturated carbocycles. The molecule has 0 radical (unpaired) electrons. The van der Waals surface area contributed by atoms with Crippen molar-refractivity contribution in [3.8, 4) is 11.6 Å². The zero-order chi connectivity index (χ0) is 23.3. The van der Waals surface area contributed by atoms with Gasteiger partial charge in [0.1, 0.15) is 11.6 Å². The molecule has 2 aliphatic heterocycles. The highest BCUT2D eigenvalue weighted by Gasteiger charge is 2.55. The number of benzene rings is 1. The van der Waals surface area contributed by atoms with Gasteiger partial charge in [-0.3, -0.25) is 4.79 Å². The summed E-state index contributed by atoms with van der Waals surface area (Å²) in [5.41, 5.74) is 0. The SMILES string of the molecule is Cc1nccc(O[C@@H]2C(=O)N(C)[C@@H]3CN(S(=O)(=O)c4ccc(OC(F)(F)F)cc4)C[C@H]23)n1. The molecule has 172 valence electrons. The number of aryl methyl sites for hydroxylation is 1. The van der Waals surface area contributed by atoms with E-state index in [1.165, 1.54) is 21.5 Å². The zero-order valence-corrected chi connectivity index (χ0v) is 17.8. The lowest BCUT2D eigenvalue weighted by atomic mass is 10.0. The highest BCUT2D eigenvalue weighted by Crippen LogP contribution is 2.36. The first-order valence-corrected chi connectivity index (χ1v) is 11.0. The average Bonchev–Trinajstić information content (AvgIpc) is 3.23. The van der Waals surface area contributed by atoms with E-state index in [-0.39, 0.29) is 29.8 Å². The van der Waals surface area contributed by atoms with Crippen LogP contribution in [0.1, 0.15) is 5.82 Å². The highest BCUT2D eigenvalue weighted by atomic mass is 32.2. The maximum absolute atomic E-state index is 13.1. The quantitative estimate of drug-likeness (QED) is 0.651. The fourth-order valence-electron chi connectivity index (χ4n) is 3.96. The Kier molecular flexibility index (Phi) is 5.49. The van der Waals surface area contributed by atoms with Gasteiger partial charge in [-0.05, 0) is 31.2 Å². The predicted octanol–water partition coefficient (Wildman–Crippen LogP) is 1.59. The van der Waals surface area contributed by atoms with E-state index in [1.807, 2.05) is 0 Å². The van der Waals surface area contributed by atoms with Crippen molar-refractivity contribution in [2.24, 2.45) is 5.92 Å². The van der Waals surface area contributed by atoms with E-state index < -0.39 is 40.2 Å². The van der Waals surface area contributed by atoms with Crippen LogP contribution < -0.4 is 9.47 Å². The van der Waals surface area contributed by atoms with Gasteiger partial charge in [0.25, 0.3) is 5.91 Å². The van der Waals surface area contributed by atoms with E-state index in [4.69, 9.17) is 4.74 Å². The number of hydrogen-bond acceptors (Lipinski definition) is 7. The van der Waals surface area contributed by atoms with Gasteiger partial charge in [-0.15, -0.1) is 13.2 Å². The number of hydrogen-bond donors (Lipinski definition) is 0. The van der Waals surface area contributed by atoms with Gasteiger partial charge in [0.15, 0.2) is 6.10 Å². The Morgan fingerprint density at radius 3 is 2.44 bits per heavy atom. The number of carbonyl (C=O) groups is 1. The van der Waals surface area contributed by atoms with Crippen molar-refractivity contribution in [3.05, 3.63) is 42.4 Å². The van der Waals surface area contributed by atoms with Crippen LogP contribution in [-0.2, 0) is 14.8 Å². The molecule has 1 aromatic heterocycles. The van der Waals surface area contributed by atoms with E-state index in [1.54, 1.807) is 14.0 Å². The fraction of sp³-hybridized carbons (Fsp3) is 0.421. The first kappa shape index (κ1) is 22.3. The minimum Gasteiger partial charge on any atom is -0.464 e. The molecular formula is C19H19F3N4O5S. The standard InChI is InChI=1S/C19H19F3N4O5S/c1-11-23-8-7-16(24-11)30-17-14-9-26(10-15(14)25(2)18(17)27)32(28,29)13-5-3-12(4-6-13)31-19(20,21)22/h3-8,14-15,17H,9-10H2,1-2H3/t14-,15+,17-/m0/s1. The molecule has 2 aromatic rings. The maximum Gasteiger partial charge on any atom is 0.573 e. The number of amides is 1. The van der Waals surface area contributed by atoms with Crippen LogP contribution in [0.25, 0.3) is 0 Å². The third kappa shape index (κ3) is 4.21. The molecule has 0 aliphatic carbocycles. The number of alkyl halides is 3. The first-order valence-electron chi connectivity index (χ1n) is 9.54. The average molecular weight is 472 g/mol. The number of nitrogens with zero attached hydrogens (tertiary/aromatic N) is 4. The number of likely N-dealkylation sites (N-methyl/N-ethyl adjacent to an activating group) is 1. The van der Waals surface area contributed by atoms with Crippen LogP contribution in [0.2, 0.25) is 0 Å². The monoisotopic (exact) mass is 472 g/mol. The Bertz CT molecular complexity index is 1130. The lowest BCUT2D eigenvalue weighted by Crippen LogP contribution is -2.40. The van der Waals surface area contributed by atoms with Crippen molar-refractivity contribution in [1.29, 1.82) is 0 Å². The molecule has 2 saturated heterocycles. The number of carbonyl (C=O) groups excluding carboxylic acids is 1. The summed E-state index contributed by atoms with van der Waals surface area (Å²) >= 11 is 0. The summed E-state index contributed by atoms with van der Waals surface area (Å²) < 4.78 is 73.9. The van der Waals surface area contributed by atoms with Gasteiger partial charge in [-0.1, -0.05) is 0 Å². The number of ether oxygens (including phenoxy) is 2. The number of aromatic nitrogens is 2. The van der Waals surface area contributed by atoms with Crippen molar-refractivity contribution >= 4 is 15.9 Å². The molecule has 0 N–H and O–H groups in total. The number of rotatable bonds is 5. The first-order chi connectivity index (χ1) is 15.0. The molecule has 1 amide bonds. The molecule has 4 rings (SSSR count). The minimum atomic E-state index is -4.87. The van der Waals surface area contributed by atoms with Gasteiger partial charge in [0, 0.05) is 38.3 Å². The molecule has 3 heterocycles. The second-order valence-electron chi connectivity index (χ2n) is 7.50. The van der Waals surface area contributed by atoms with Crippen molar-refractivity contribution in [2.45, 2.75) is 30.3 Å². The summed E-state index contributed by atoms with van der Waals surface area (Å²) in [4.78, 5) is 22.1. The summed E-state index contributed by atoms with van der Waals surface area (Å²) in [6, 6.07) is 5.10. The third-order valence-corrected chi connectivity index (χ3v) is 7.32. The molecular weight excluding hydrogens is 453 g/mol. The number of fused-ring (bicyclic) bond motifs is 1. The molecule has 0 spiro atoms. The van der Waals surface area contributed by atoms with Crippen LogP contribution in [-0.4, -0.2) is 72.1 Å². The van der Waals surface area contributed by atoms with Crippen molar-refractivity contribution in [2.75, 3.05) is 20.1 Å². The predicted molar refractivity (Wildman–Crippen MR) is 103 cm³/mol. The molecule has 13 heteroatoms. The summed E-state index contributed by atoms with van der Waals surface area (Å²) in [5.74, 6) is -0.557. The van der Waals surface area contributed by atoms with Crippen LogP contribution in [0.5, 0.6) is 11.6 Å². The topological polar surface area (TPSA) is 102 Å². The molecule has 2 fully saturated rings. The van der Waals surface area contributed by atoms with Crippen LogP contribution >= 0.6 is 0 Å². The van der Waals surface area contributed by atoms with Crippen molar-refractivity contribution < 1.29 is 35.9 Å². The van der Waals surface area contributed by atoms with Crippen LogP contribution in [0.3, 0.4) is 0 Å². The van der Waals surface area contributed by atoms with Gasteiger partial charge in [-0.25, -0.2) is 13.4 Å². The van der Waals surface area contributed by atoms with Gasteiger partial charge in [0.05, 0.1) is 10.9 Å². The Balaban J connectivity index is 1.52. The molecule has 0 bridgehead atoms. The second kappa shape index (κ2) is 7.89. The second-order valence-corrected chi connectivity index (χ2v) is 9.44. The molecule has 0 unspecified atom stereocenters. The summed E-state index contributed by atoms with van der Waals surface area (Å²) in [7, 11) is -2.43. The Hall–Kier alpha value is -2.93. The Labute approximate surface area is 181 Å². The zero-order valence-electron chi connectivity index (χ0n) is 17.0. The Morgan fingerprint density at radius 1 is 1.12 bits per heavy atom. The van der Waals surface area contributed by atoms with Crippen LogP contribution in [0, 0.1) is 12.8 Å². The van der Waals surface area contributed by atoms with E-state index in [0.29, 0.717) is 5.82 Å². The van der Waals surface area contributed by atoms with Crippen LogP contribution in [0.15, 0.2) is 41.4 Å². The van der Waals surface area contributed by atoms with Gasteiger partial charge >= 0.3 is 6.36 Å². The molecule has 2 aliphatic rings. The fourth-order valence-corrected chi connectivity index (χ4v) is 5.45. The van der Waals surface area contributed by atoms with Crippen molar-refractivity contribution in [3.63, 3.8) is 0 Å². The third-order valence-electron chi connectivity index (χ3n) is 5.47. The van der Waals surface area contributed by atoms with Gasteiger partial charge < -0.3 is 14.4 Å². The summed E-state index contributed by atoms with van der Waals surface area (Å²) in [6.07, 6.45) is -4.29. The summed E-state index contributed by atoms with van der Waals surface area (Å²) in [5, 5.41) is 0. The van der Waals surface area contributed by atoms with E-state index in [2.05, 4.69) is 14.7 Å². The lowest BCUT2D eigenvalue weighted by molar-refractivity contribution is -0.274. The minimum absolute atomic E-state index is 0.0125. The maximum atomic E-state index is 13.1. The van der Waals surface area contributed by atoms with Crippen molar-refractivity contribution in [1.82, 2.24) is 19.2 Å². The van der Waals surface area contributed by atoms with Gasteiger partial charge in [-0.2, -0.15) is 9.29 Å². The summed E-state index contributed by atoms with van der Waals surface area (Å²) in [6.45, 7) is 1.73. The largest absolute Gasteiger partial charge is 0.573 e. The van der Waals surface area contributed by atoms with E-state index in [9.17, 15) is 26.4 Å². The highest BCUT2D eigenvalue weighted by molar-refractivity contribution is 7.89. The Morgan fingerprint density at radius 2 is 1.81 bits per heavy atom. The van der Waals surface area contributed by atoms with E-state index in [0.717, 1.165) is 24.3 Å². The van der Waals surface area contributed by atoms with E-state index >= 15 is 0 Å². The van der Waals surface area contributed by atoms with Gasteiger partial charge in [0.2, 0.25) is 15.9 Å². The molecule has 1 aromatic carbocycles. The number of sulfonamides is 1. The van der Waals surface area contributed by atoms with Crippen LogP contribution in [0.4, 0.5) is 13.2 Å². The lowest BCUT2D eigenvalue weighted by Gasteiger charge is -2.22. The molecule has 32 heavy (non-hydrogen) atoms. The normalized spacial score (nSPS) is 24.0.